The van der Waals surface area contributed by atoms with Gasteiger partial charge < -0.3 is 4.74 Å². The number of carbonyl (C=O) groups excluding carboxylic acids is 1. The molecule has 1 aliphatic heterocycles. The monoisotopic (exact) mass is 548 g/mol. The topological polar surface area (TPSA) is 101 Å². The molecule has 1 N–H and O–H groups in total. The molecule has 1 aliphatic rings. The summed E-state index contributed by atoms with van der Waals surface area (Å²) >= 11 is 0. The zero-order chi connectivity index (χ0) is 27.6. The molecule has 1 amide bonds. The van der Waals surface area contributed by atoms with Gasteiger partial charge in [0.05, 0.1) is 18.9 Å². The van der Waals surface area contributed by atoms with Crippen molar-refractivity contribution in [3.8, 4) is 5.75 Å². The number of carbonyl (C=O) groups is 1. The van der Waals surface area contributed by atoms with E-state index in [4.69, 9.17) is 4.74 Å². The van der Waals surface area contributed by atoms with Crippen LogP contribution in [-0.2, 0) is 10.0 Å². The number of rotatable bonds is 7. The SMILES string of the molecule is COc1ccc(C2CC(c3ccc(NS(=O)(=O)c4c(F)cccc4F)cc3)=NN2C(=O)c2ccccn2)cc1. The molecule has 0 saturated heterocycles. The minimum Gasteiger partial charge on any atom is -0.497 e. The predicted molar refractivity (Wildman–Crippen MR) is 141 cm³/mol. The van der Waals surface area contributed by atoms with Crippen molar-refractivity contribution in [2.24, 2.45) is 5.10 Å². The Morgan fingerprint density at radius 3 is 2.26 bits per heavy atom. The summed E-state index contributed by atoms with van der Waals surface area (Å²) in [5, 5.41) is 5.99. The standard InChI is InChI=1S/C28H22F2N4O4S/c1-38-21-14-10-19(11-15-21)26-17-25(32-34(26)28(35)24-7-2-3-16-31-24)18-8-12-20(13-9-18)33-39(36,37)27-22(29)5-4-6-23(27)30/h2-16,26,33H,17H2,1H3. The van der Waals surface area contributed by atoms with Crippen molar-refractivity contribution >= 4 is 27.3 Å². The lowest BCUT2D eigenvalue weighted by Crippen LogP contribution is -2.27. The first-order valence-corrected chi connectivity index (χ1v) is 13.3. The average molecular weight is 549 g/mol. The molecule has 0 saturated carbocycles. The number of aromatic nitrogens is 1. The first-order valence-electron chi connectivity index (χ1n) is 11.8. The van der Waals surface area contributed by atoms with E-state index in [9.17, 15) is 22.0 Å². The Kier molecular flexibility index (Phi) is 7.07. The van der Waals surface area contributed by atoms with Crippen LogP contribution in [0, 0.1) is 11.6 Å². The van der Waals surface area contributed by atoms with Crippen LogP contribution in [0.4, 0.5) is 14.5 Å². The smallest absolute Gasteiger partial charge is 0.293 e. The van der Waals surface area contributed by atoms with Gasteiger partial charge in [0.25, 0.3) is 15.9 Å². The highest BCUT2D eigenvalue weighted by atomic mass is 32.2. The van der Waals surface area contributed by atoms with Gasteiger partial charge in [-0.15, -0.1) is 0 Å². The zero-order valence-corrected chi connectivity index (χ0v) is 21.4. The van der Waals surface area contributed by atoms with E-state index in [-0.39, 0.29) is 17.3 Å². The Balaban J connectivity index is 1.42. The number of hydrogen-bond acceptors (Lipinski definition) is 6. The van der Waals surface area contributed by atoms with Gasteiger partial charge >= 0.3 is 0 Å². The number of halogens is 2. The molecule has 5 rings (SSSR count). The normalized spacial score (nSPS) is 15.1. The Morgan fingerprint density at radius 2 is 1.64 bits per heavy atom. The number of nitrogens with one attached hydrogen (secondary N) is 1. The van der Waals surface area contributed by atoms with E-state index in [2.05, 4.69) is 14.8 Å². The van der Waals surface area contributed by atoms with E-state index in [0.29, 0.717) is 23.4 Å². The highest BCUT2D eigenvalue weighted by Crippen LogP contribution is 2.35. The molecule has 0 bridgehead atoms. The number of pyridine rings is 1. The third kappa shape index (κ3) is 5.34. The first kappa shape index (κ1) is 26.0. The van der Waals surface area contributed by atoms with Crippen LogP contribution in [0.1, 0.15) is 34.1 Å². The molecule has 4 aromatic rings. The molecule has 0 radical (unpaired) electrons. The van der Waals surface area contributed by atoms with Gasteiger partial charge in [0.1, 0.15) is 23.1 Å². The molecule has 2 heterocycles. The van der Waals surface area contributed by atoms with E-state index < -0.39 is 32.6 Å². The lowest BCUT2D eigenvalue weighted by molar-refractivity contribution is 0.0705. The average Bonchev–Trinajstić information content (AvgIpc) is 3.38. The van der Waals surface area contributed by atoms with E-state index >= 15 is 0 Å². The maximum absolute atomic E-state index is 14.0. The molecule has 1 unspecified atom stereocenters. The van der Waals surface area contributed by atoms with Crippen molar-refractivity contribution < 1.29 is 26.7 Å². The molecule has 0 fully saturated rings. The maximum atomic E-state index is 14.0. The van der Waals surface area contributed by atoms with Crippen LogP contribution in [0.5, 0.6) is 5.75 Å². The number of anilines is 1. The molecule has 1 aromatic heterocycles. The summed E-state index contributed by atoms with van der Waals surface area (Å²) in [5.41, 5.74) is 2.42. The van der Waals surface area contributed by atoms with Crippen molar-refractivity contribution in [3.63, 3.8) is 0 Å². The summed E-state index contributed by atoms with van der Waals surface area (Å²) in [4.78, 5) is 16.4. The second-order valence-corrected chi connectivity index (χ2v) is 10.3. The van der Waals surface area contributed by atoms with Crippen LogP contribution >= 0.6 is 0 Å². The van der Waals surface area contributed by atoms with E-state index in [1.807, 2.05) is 12.1 Å². The molecular weight excluding hydrogens is 526 g/mol. The molecule has 11 heteroatoms. The van der Waals surface area contributed by atoms with Crippen LogP contribution < -0.4 is 9.46 Å². The summed E-state index contributed by atoms with van der Waals surface area (Å²) in [6.45, 7) is 0. The Morgan fingerprint density at radius 1 is 0.949 bits per heavy atom. The van der Waals surface area contributed by atoms with Gasteiger partial charge in [-0.1, -0.05) is 36.4 Å². The fraction of sp³-hybridized carbons (Fsp3) is 0.107. The maximum Gasteiger partial charge on any atom is 0.293 e. The Hall–Kier alpha value is -4.64. The number of benzene rings is 3. The molecule has 0 aliphatic carbocycles. The molecule has 39 heavy (non-hydrogen) atoms. The van der Waals surface area contributed by atoms with Crippen LogP contribution in [0.3, 0.4) is 0 Å². The van der Waals surface area contributed by atoms with E-state index in [0.717, 1.165) is 23.8 Å². The van der Waals surface area contributed by atoms with Crippen LogP contribution in [0.2, 0.25) is 0 Å². The van der Waals surface area contributed by atoms with Gasteiger partial charge in [0.15, 0.2) is 4.90 Å². The van der Waals surface area contributed by atoms with Crippen molar-refractivity contribution in [2.75, 3.05) is 11.8 Å². The largest absolute Gasteiger partial charge is 0.497 e. The van der Waals surface area contributed by atoms with Crippen molar-refractivity contribution in [2.45, 2.75) is 17.4 Å². The van der Waals surface area contributed by atoms with Crippen LogP contribution in [0.15, 0.2) is 101 Å². The highest BCUT2D eigenvalue weighted by Gasteiger charge is 2.34. The second-order valence-electron chi connectivity index (χ2n) is 8.64. The van der Waals surface area contributed by atoms with Crippen LogP contribution in [-0.4, -0.2) is 37.1 Å². The molecule has 0 spiro atoms. The quantitative estimate of drug-likeness (QED) is 0.344. The minimum atomic E-state index is -4.51. The molecule has 8 nitrogen and oxygen atoms in total. The Bertz CT molecular complexity index is 1630. The van der Waals surface area contributed by atoms with Gasteiger partial charge in [-0.25, -0.2) is 22.2 Å². The van der Waals surface area contributed by atoms with Crippen LogP contribution in [0.25, 0.3) is 0 Å². The third-order valence-corrected chi connectivity index (χ3v) is 7.59. The molecule has 1 atom stereocenters. The fourth-order valence-corrected chi connectivity index (χ4v) is 5.44. The van der Waals surface area contributed by atoms with Gasteiger partial charge in [-0.05, 0) is 59.7 Å². The van der Waals surface area contributed by atoms with Crippen molar-refractivity contribution in [1.82, 2.24) is 9.99 Å². The fourth-order valence-electron chi connectivity index (χ4n) is 4.24. The number of hydrogen-bond donors (Lipinski definition) is 1. The molecule has 3 aromatic carbocycles. The third-order valence-electron chi connectivity index (χ3n) is 6.16. The van der Waals surface area contributed by atoms with E-state index in [1.165, 1.54) is 23.3 Å². The highest BCUT2D eigenvalue weighted by molar-refractivity contribution is 7.92. The van der Waals surface area contributed by atoms with Crippen molar-refractivity contribution in [1.29, 1.82) is 0 Å². The van der Waals surface area contributed by atoms with Gasteiger partial charge in [-0.3, -0.25) is 14.5 Å². The number of nitrogens with zero attached hydrogens (tertiary/aromatic N) is 3. The lowest BCUT2D eigenvalue weighted by atomic mass is 9.98. The van der Waals surface area contributed by atoms with Gasteiger partial charge in [0, 0.05) is 18.3 Å². The number of ether oxygens (including phenoxy) is 1. The number of methoxy groups -OCH3 is 1. The number of hydrazone groups is 1. The minimum absolute atomic E-state index is 0.105. The van der Waals surface area contributed by atoms with Crippen molar-refractivity contribution in [3.05, 3.63) is 120 Å². The van der Waals surface area contributed by atoms with E-state index in [1.54, 1.807) is 49.6 Å². The number of amides is 1. The second kappa shape index (κ2) is 10.6. The summed E-state index contributed by atoms with van der Waals surface area (Å²) < 4.78 is 60.7. The summed E-state index contributed by atoms with van der Waals surface area (Å²) in [7, 11) is -2.94. The first-order chi connectivity index (χ1) is 18.8. The van der Waals surface area contributed by atoms with Gasteiger partial charge in [0.2, 0.25) is 0 Å². The molecule has 198 valence electrons. The van der Waals surface area contributed by atoms with Gasteiger partial charge in [-0.2, -0.15) is 5.10 Å². The number of sulfonamides is 1. The Labute approximate surface area is 223 Å². The summed E-state index contributed by atoms with van der Waals surface area (Å²) in [6.07, 6.45) is 1.92. The molecular formula is C28H22F2N4O4S. The predicted octanol–water partition coefficient (Wildman–Crippen LogP) is 5.16. The lowest BCUT2D eigenvalue weighted by Gasteiger charge is -2.21. The summed E-state index contributed by atoms with van der Waals surface area (Å²) in [6, 6.07) is 20.9. The summed E-state index contributed by atoms with van der Waals surface area (Å²) in [5.74, 6) is -2.08. The zero-order valence-electron chi connectivity index (χ0n) is 20.6.